The maximum absolute atomic E-state index is 13.4. The number of fused-ring (bicyclic) bond motifs is 2. The van der Waals surface area contributed by atoms with Gasteiger partial charge in [-0.25, -0.2) is 0 Å². The predicted molar refractivity (Wildman–Crippen MR) is 124 cm³/mol. The lowest BCUT2D eigenvalue weighted by molar-refractivity contribution is -0.125. The number of hydrogen-bond donors (Lipinski definition) is 1. The highest BCUT2D eigenvalue weighted by Gasteiger charge is 2.57. The van der Waals surface area contributed by atoms with E-state index in [1.54, 1.807) is 7.11 Å². The quantitative estimate of drug-likeness (QED) is 0.776. The van der Waals surface area contributed by atoms with E-state index in [2.05, 4.69) is 70.7 Å². The highest BCUT2D eigenvalue weighted by Crippen LogP contribution is 2.51. The number of nitrogens with zero attached hydrogens (tertiary/aromatic N) is 4. The van der Waals surface area contributed by atoms with Crippen molar-refractivity contribution in [1.29, 1.82) is 0 Å². The first-order valence-electron chi connectivity index (χ1n) is 11.1. The van der Waals surface area contributed by atoms with Gasteiger partial charge in [0.15, 0.2) is 0 Å². The summed E-state index contributed by atoms with van der Waals surface area (Å²) in [5.74, 6) is 0.934. The molecule has 3 aliphatic heterocycles. The average molecular weight is 432 g/mol. The smallest absolute Gasteiger partial charge is 0.235 e. The Morgan fingerprint density at radius 1 is 1.19 bits per heavy atom. The van der Waals surface area contributed by atoms with Crippen LogP contribution < -0.4 is 10.1 Å². The average Bonchev–Trinajstić information content (AvgIpc) is 3.33. The first-order valence-corrected chi connectivity index (χ1v) is 11.1. The van der Waals surface area contributed by atoms with Crippen molar-refractivity contribution in [3.05, 3.63) is 59.2 Å². The van der Waals surface area contributed by atoms with E-state index < -0.39 is 11.0 Å². The number of benzene rings is 2. The summed E-state index contributed by atoms with van der Waals surface area (Å²) in [6.45, 7) is 7.11. The van der Waals surface area contributed by atoms with Crippen molar-refractivity contribution >= 4 is 17.8 Å². The van der Waals surface area contributed by atoms with Crippen molar-refractivity contribution in [2.45, 2.75) is 63.2 Å². The standard InChI is InChI=1S/C25H29N5O2/c1-16-5-10-21-20(11-16)25(23(31)27-21)12-17(2)30(14-18-6-8-19(32-4)9-7-18)22(13-25)24(3)15-26-29-28-24/h5-11,15,17,22H,12-14H2,1-4H3,(H,27,31)/t17-,22-,24+,25-/m0/s1. The molecule has 0 bridgehead atoms. The molecule has 1 amide bonds. The van der Waals surface area contributed by atoms with Crippen LogP contribution in [0.3, 0.4) is 0 Å². The Labute approximate surface area is 188 Å². The maximum atomic E-state index is 13.4. The lowest BCUT2D eigenvalue weighted by Gasteiger charge is -2.51. The van der Waals surface area contributed by atoms with E-state index in [4.69, 9.17) is 4.74 Å². The summed E-state index contributed by atoms with van der Waals surface area (Å²) in [5, 5.41) is 15.7. The van der Waals surface area contributed by atoms with Crippen molar-refractivity contribution in [1.82, 2.24) is 4.90 Å². The van der Waals surface area contributed by atoms with Crippen LogP contribution in [0.1, 0.15) is 43.4 Å². The Morgan fingerprint density at radius 3 is 2.66 bits per heavy atom. The number of piperidine rings is 1. The number of rotatable bonds is 4. The van der Waals surface area contributed by atoms with Crippen LogP contribution in [0.5, 0.6) is 5.75 Å². The van der Waals surface area contributed by atoms with Gasteiger partial charge in [-0.05, 0) is 68.2 Å². The van der Waals surface area contributed by atoms with E-state index in [-0.39, 0.29) is 18.0 Å². The molecule has 2 aromatic rings. The molecule has 1 N–H and O–H groups in total. The lowest BCUT2D eigenvalue weighted by Crippen LogP contribution is -2.62. The van der Waals surface area contributed by atoms with Gasteiger partial charge in [-0.15, -0.1) is 5.10 Å². The van der Waals surface area contributed by atoms with Crippen molar-refractivity contribution in [3.8, 4) is 5.75 Å². The summed E-state index contributed by atoms with van der Waals surface area (Å²) in [7, 11) is 1.68. The lowest BCUT2D eigenvalue weighted by atomic mass is 9.65. The molecule has 0 saturated carbocycles. The fourth-order valence-corrected chi connectivity index (χ4v) is 5.59. The molecule has 3 heterocycles. The zero-order chi connectivity index (χ0) is 22.5. The molecular formula is C25H29N5O2. The third-order valence-corrected chi connectivity index (χ3v) is 7.36. The monoisotopic (exact) mass is 431 g/mol. The second kappa shape index (κ2) is 7.52. The van der Waals surface area contributed by atoms with Crippen LogP contribution in [-0.4, -0.2) is 41.8 Å². The van der Waals surface area contributed by atoms with Gasteiger partial charge < -0.3 is 10.1 Å². The van der Waals surface area contributed by atoms with Crippen molar-refractivity contribution in [2.75, 3.05) is 12.4 Å². The van der Waals surface area contributed by atoms with Gasteiger partial charge in [0.2, 0.25) is 5.91 Å². The zero-order valence-corrected chi connectivity index (χ0v) is 19.0. The summed E-state index contributed by atoms with van der Waals surface area (Å²) >= 11 is 0. The summed E-state index contributed by atoms with van der Waals surface area (Å²) in [6.07, 6.45) is 3.25. The molecular weight excluding hydrogens is 402 g/mol. The van der Waals surface area contributed by atoms with Crippen molar-refractivity contribution < 1.29 is 9.53 Å². The van der Waals surface area contributed by atoms with Crippen LogP contribution in [-0.2, 0) is 16.8 Å². The Hall–Kier alpha value is -3.06. The zero-order valence-electron chi connectivity index (χ0n) is 19.0. The molecule has 0 radical (unpaired) electrons. The predicted octanol–water partition coefficient (Wildman–Crippen LogP) is 4.46. The molecule has 0 unspecified atom stereocenters. The number of methoxy groups -OCH3 is 1. The summed E-state index contributed by atoms with van der Waals surface area (Å²) in [5.41, 5.74) is 3.25. The second-order valence-electron chi connectivity index (χ2n) is 9.54. The van der Waals surface area contributed by atoms with E-state index >= 15 is 0 Å². The number of likely N-dealkylation sites (tertiary alicyclic amines) is 1. The number of carbonyl (C=O) groups is 1. The normalized spacial score (nSPS) is 31.2. The molecule has 32 heavy (non-hydrogen) atoms. The number of aryl methyl sites for hydroxylation is 1. The number of hydrogen-bond acceptors (Lipinski definition) is 6. The van der Waals surface area contributed by atoms with Gasteiger partial charge in [0.05, 0.1) is 18.7 Å². The molecule has 1 saturated heterocycles. The SMILES string of the molecule is COc1ccc(CN2[C@H]([C@@]3(C)C=NN=N3)C[C@]3(C[C@@H]2C)C(=O)Nc2ccc(C)cc23)cc1. The number of ether oxygens (including phenoxy) is 1. The molecule has 1 fully saturated rings. The fraction of sp³-hybridized carbons (Fsp3) is 0.440. The van der Waals surface area contributed by atoms with Gasteiger partial charge in [-0.2, -0.15) is 5.11 Å². The van der Waals surface area contributed by atoms with Gasteiger partial charge in [0, 0.05) is 24.3 Å². The van der Waals surface area contributed by atoms with Gasteiger partial charge >= 0.3 is 0 Å². The summed E-state index contributed by atoms with van der Waals surface area (Å²) in [4.78, 5) is 15.9. The first-order chi connectivity index (χ1) is 15.3. The minimum absolute atomic E-state index is 0.0273. The highest BCUT2D eigenvalue weighted by molar-refractivity contribution is 6.06. The van der Waals surface area contributed by atoms with Gasteiger partial charge in [0.1, 0.15) is 11.3 Å². The van der Waals surface area contributed by atoms with Crippen LogP contribution in [0, 0.1) is 6.92 Å². The molecule has 4 atom stereocenters. The van der Waals surface area contributed by atoms with E-state index in [9.17, 15) is 4.79 Å². The van der Waals surface area contributed by atoms with Crippen LogP contribution in [0.25, 0.3) is 0 Å². The third kappa shape index (κ3) is 3.23. The third-order valence-electron chi connectivity index (χ3n) is 7.36. The van der Waals surface area contributed by atoms with Crippen molar-refractivity contribution in [3.63, 3.8) is 0 Å². The van der Waals surface area contributed by atoms with Crippen LogP contribution in [0.2, 0.25) is 0 Å². The molecule has 2 aromatic carbocycles. The van der Waals surface area contributed by atoms with Crippen LogP contribution in [0.15, 0.2) is 57.9 Å². The maximum Gasteiger partial charge on any atom is 0.235 e. The number of anilines is 1. The molecule has 0 aromatic heterocycles. The number of amides is 1. The Kier molecular flexibility index (Phi) is 4.89. The van der Waals surface area contributed by atoms with E-state index in [1.165, 1.54) is 5.56 Å². The van der Waals surface area contributed by atoms with Crippen LogP contribution in [0.4, 0.5) is 5.69 Å². The van der Waals surface area contributed by atoms with Gasteiger partial charge in [-0.3, -0.25) is 9.69 Å². The summed E-state index contributed by atoms with van der Waals surface area (Å²) < 4.78 is 5.31. The number of carbonyl (C=O) groups excluding carboxylic acids is 1. The van der Waals surface area contributed by atoms with E-state index in [0.29, 0.717) is 6.42 Å². The Balaban J connectivity index is 1.54. The largest absolute Gasteiger partial charge is 0.497 e. The van der Waals surface area contributed by atoms with E-state index in [0.717, 1.165) is 35.5 Å². The van der Waals surface area contributed by atoms with E-state index in [1.807, 2.05) is 24.4 Å². The van der Waals surface area contributed by atoms with Crippen LogP contribution >= 0.6 is 0 Å². The Morgan fingerprint density at radius 2 is 1.97 bits per heavy atom. The van der Waals surface area contributed by atoms with Crippen molar-refractivity contribution in [2.24, 2.45) is 15.4 Å². The highest BCUT2D eigenvalue weighted by atomic mass is 16.5. The second-order valence-corrected chi connectivity index (χ2v) is 9.54. The Bertz CT molecular complexity index is 1100. The topological polar surface area (TPSA) is 78.7 Å². The minimum Gasteiger partial charge on any atom is -0.497 e. The first kappa shape index (κ1) is 20.8. The van der Waals surface area contributed by atoms with Gasteiger partial charge in [0.25, 0.3) is 0 Å². The summed E-state index contributed by atoms with van der Waals surface area (Å²) in [6, 6.07) is 14.6. The molecule has 7 nitrogen and oxygen atoms in total. The molecule has 7 heteroatoms. The minimum atomic E-state index is -0.582. The number of nitrogens with one attached hydrogen (secondary N) is 1. The van der Waals surface area contributed by atoms with Gasteiger partial charge in [-0.1, -0.05) is 29.8 Å². The molecule has 0 aliphatic carbocycles. The molecule has 3 aliphatic rings. The molecule has 5 rings (SSSR count). The fourth-order valence-electron chi connectivity index (χ4n) is 5.59. The molecule has 166 valence electrons. The molecule has 1 spiro atoms.